The molecule has 0 bridgehead atoms. The molecule has 0 amide bonds. The monoisotopic (exact) mass is 402 g/mol. The van der Waals surface area contributed by atoms with Gasteiger partial charge in [0, 0.05) is 11.5 Å². The van der Waals surface area contributed by atoms with Crippen LogP contribution in [0, 0.1) is 28.6 Å². The van der Waals surface area contributed by atoms with E-state index in [-0.39, 0.29) is 34.9 Å². The number of aliphatic hydroxyl groups is 3. The fraction of sp³-hybridized carbons (Fsp3) is 0.792. The Balaban J connectivity index is 1.52. The summed E-state index contributed by atoms with van der Waals surface area (Å²) < 4.78 is 5.14. The first-order valence-electron chi connectivity index (χ1n) is 11.4. The summed E-state index contributed by atoms with van der Waals surface area (Å²) in [6.45, 7) is 4.43. The van der Waals surface area contributed by atoms with E-state index >= 15 is 0 Å². The van der Waals surface area contributed by atoms with Crippen LogP contribution in [0.4, 0.5) is 0 Å². The molecule has 4 saturated carbocycles. The van der Waals surface area contributed by atoms with E-state index in [1.54, 1.807) is 6.26 Å². The Morgan fingerprint density at radius 1 is 1.07 bits per heavy atom. The van der Waals surface area contributed by atoms with Gasteiger partial charge >= 0.3 is 5.63 Å². The Kier molecular flexibility index (Phi) is 4.37. The molecule has 5 rings (SSSR count). The van der Waals surface area contributed by atoms with Gasteiger partial charge in [-0.3, -0.25) is 0 Å². The normalized spacial score (nSPS) is 51.8. The number of hydrogen-bond acceptors (Lipinski definition) is 5. The summed E-state index contributed by atoms with van der Waals surface area (Å²) in [7, 11) is 0. The molecule has 0 saturated heterocycles. The minimum atomic E-state index is -0.818. The van der Waals surface area contributed by atoms with Gasteiger partial charge in [-0.2, -0.15) is 0 Å². The number of fused-ring (bicyclic) bond motifs is 5. The minimum absolute atomic E-state index is 0.0176. The third-order valence-electron chi connectivity index (χ3n) is 9.89. The van der Waals surface area contributed by atoms with Crippen molar-refractivity contribution in [2.24, 2.45) is 28.6 Å². The van der Waals surface area contributed by atoms with Gasteiger partial charge in [-0.1, -0.05) is 13.8 Å². The predicted molar refractivity (Wildman–Crippen MR) is 108 cm³/mol. The lowest BCUT2D eigenvalue weighted by Gasteiger charge is -2.65. The van der Waals surface area contributed by atoms with Crippen molar-refractivity contribution in [3.63, 3.8) is 0 Å². The van der Waals surface area contributed by atoms with Crippen LogP contribution < -0.4 is 5.63 Å². The minimum Gasteiger partial charge on any atom is -0.431 e. The predicted octanol–water partition coefficient (Wildman–Crippen LogP) is 3.21. The van der Waals surface area contributed by atoms with Crippen molar-refractivity contribution in [3.05, 3.63) is 34.4 Å². The largest absolute Gasteiger partial charge is 0.431 e. The zero-order valence-electron chi connectivity index (χ0n) is 17.5. The van der Waals surface area contributed by atoms with Gasteiger partial charge in [0.15, 0.2) is 0 Å². The third kappa shape index (κ3) is 2.60. The standard InChI is InChI=1S/C24H34O5/c1-22-9-7-16(25)11-15(22)4-5-18-21(22)19(26)12-23(2)17(8-10-24(18,23)28)14-3-6-20(27)29-13-14/h3,6,13,15-19,21,25-26,28H,4-5,7-12H2,1-2H3/t15-,16+,17-,18-,19-,21-,22+,23-,24+/m0/s1. The average molecular weight is 403 g/mol. The SMILES string of the molecule is C[C@@]12CC[C@@H](O)C[C@@H]1CC[C@H]1[C@H]2[C@@H](O)C[C@@]2(C)[C@H](c3ccc(=O)oc3)CC[C@@]12O. The van der Waals surface area contributed by atoms with Gasteiger partial charge in [0.05, 0.1) is 24.1 Å². The molecular formula is C24H34O5. The average Bonchev–Trinajstić information content (AvgIpc) is 2.94. The Morgan fingerprint density at radius 3 is 2.59 bits per heavy atom. The summed E-state index contributed by atoms with van der Waals surface area (Å²) in [4.78, 5) is 11.4. The molecule has 3 N–H and O–H groups in total. The molecule has 5 heteroatoms. The van der Waals surface area contributed by atoms with E-state index in [0.717, 1.165) is 50.5 Å². The van der Waals surface area contributed by atoms with E-state index in [2.05, 4.69) is 13.8 Å². The van der Waals surface area contributed by atoms with Gasteiger partial charge in [-0.25, -0.2) is 4.79 Å². The highest BCUT2D eigenvalue weighted by molar-refractivity contribution is 5.28. The second-order valence-electron chi connectivity index (χ2n) is 10.9. The highest BCUT2D eigenvalue weighted by Crippen LogP contribution is 2.70. The zero-order valence-corrected chi connectivity index (χ0v) is 17.5. The van der Waals surface area contributed by atoms with E-state index in [1.807, 2.05) is 6.07 Å². The molecule has 1 heterocycles. The number of rotatable bonds is 1. The molecule has 4 aliphatic carbocycles. The van der Waals surface area contributed by atoms with Crippen LogP contribution in [0.3, 0.4) is 0 Å². The van der Waals surface area contributed by atoms with Crippen LogP contribution in [0.15, 0.2) is 27.6 Å². The maximum Gasteiger partial charge on any atom is 0.335 e. The van der Waals surface area contributed by atoms with E-state index in [9.17, 15) is 20.1 Å². The third-order valence-corrected chi connectivity index (χ3v) is 9.89. The van der Waals surface area contributed by atoms with Crippen LogP contribution in [-0.2, 0) is 0 Å². The zero-order chi connectivity index (χ0) is 20.6. The first kappa shape index (κ1) is 19.8. The van der Waals surface area contributed by atoms with Gasteiger partial charge in [0.1, 0.15) is 0 Å². The van der Waals surface area contributed by atoms with Gasteiger partial charge in [0.2, 0.25) is 0 Å². The molecule has 5 nitrogen and oxygen atoms in total. The van der Waals surface area contributed by atoms with Crippen molar-refractivity contribution < 1.29 is 19.7 Å². The highest BCUT2D eigenvalue weighted by atomic mass is 16.4. The molecule has 1 aromatic rings. The molecule has 0 aliphatic heterocycles. The Bertz CT molecular complexity index is 829. The van der Waals surface area contributed by atoms with Crippen LogP contribution in [0.5, 0.6) is 0 Å². The van der Waals surface area contributed by atoms with Crippen LogP contribution >= 0.6 is 0 Å². The lowest BCUT2D eigenvalue weighted by atomic mass is 9.42. The molecule has 0 unspecified atom stereocenters. The van der Waals surface area contributed by atoms with Crippen molar-refractivity contribution in [2.75, 3.05) is 0 Å². The highest BCUT2D eigenvalue weighted by Gasteiger charge is 2.69. The lowest BCUT2D eigenvalue weighted by molar-refractivity contribution is -0.239. The molecule has 1 aromatic heterocycles. The molecule has 160 valence electrons. The van der Waals surface area contributed by atoms with Crippen molar-refractivity contribution >= 4 is 0 Å². The van der Waals surface area contributed by atoms with Crippen LogP contribution in [0.2, 0.25) is 0 Å². The summed E-state index contributed by atoms with van der Waals surface area (Å²) >= 11 is 0. The van der Waals surface area contributed by atoms with E-state index in [0.29, 0.717) is 12.3 Å². The molecule has 29 heavy (non-hydrogen) atoms. The molecule has 0 spiro atoms. The van der Waals surface area contributed by atoms with Crippen LogP contribution in [-0.4, -0.2) is 33.1 Å². The lowest BCUT2D eigenvalue weighted by Crippen LogP contribution is -2.66. The van der Waals surface area contributed by atoms with E-state index in [1.165, 1.54) is 6.07 Å². The summed E-state index contributed by atoms with van der Waals surface area (Å²) in [6.07, 6.45) is 7.49. The van der Waals surface area contributed by atoms with Crippen molar-refractivity contribution in [2.45, 2.75) is 88.9 Å². The van der Waals surface area contributed by atoms with Crippen molar-refractivity contribution in [1.82, 2.24) is 0 Å². The topological polar surface area (TPSA) is 90.9 Å². The first-order chi connectivity index (χ1) is 13.7. The van der Waals surface area contributed by atoms with Gasteiger partial charge in [-0.15, -0.1) is 0 Å². The number of aliphatic hydroxyl groups excluding tert-OH is 2. The molecule has 9 atom stereocenters. The van der Waals surface area contributed by atoms with Gasteiger partial charge < -0.3 is 19.7 Å². The molecule has 0 aromatic carbocycles. The molecule has 4 aliphatic rings. The molecular weight excluding hydrogens is 368 g/mol. The summed E-state index contributed by atoms with van der Waals surface area (Å²) in [5, 5.41) is 33.8. The summed E-state index contributed by atoms with van der Waals surface area (Å²) in [5.41, 5.74) is -0.681. The summed E-state index contributed by atoms with van der Waals surface area (Å²) in [6, 6.07) is 3.28. The van der Waals surface area contributed by atoms with Gasteiger partial charge in [-0.05, 0) is 92.1 Å². The fourth-order valence-electron chi connectivity index (χ4n) is 8.41. The number of hydrogen-bond donors (Lipinski definition) is 3. The fourth-order valence-corrected chi connectivity index (χ4v) is 8.41. The van der Waals surface area contributed by atoms with Crippen LogP contribution in [0.1, 0.15) is 76.7 Å². The smallest absolute Gasteiger partial charge is 0.335 e. The van der Waals surface area contributed by atoms with E-state index in [4.69, 9.17) is 4.42 Å². The molecule has 4 fully saturated rings. The Morgan fingerprint density at radius 2 is 1.86 bits per heavy atom. The Hall–Kier alpha value is -1.17. The van der Waals surface area contributed by atoms with Crippen molar-refractivity contribution in [3.8, 4) is 0 Å². The maximum absolute atomic E-state index is 12.2. The Labute approximate surface area is 172 Å². The first-order valence-corrected chi connectivity index (χ1v) is 11.4. The van der Waals surface area contributed by atoms with E-state index < -0.39 is 17.1 Å². The molecule has 0 radical (unpaired) electrons. The quantitative estimate of drug-likeness (QED) is 0.671. The van der Waals surface area contributed by atoms with Crippen molar-refractivity contribution in [1.29, 1.82) is 0 Å². The maximum atomic E-state index is 12.2. The second-order valence-corrected chi connectivity index (χ2v) is 10.9. The van der Waals surface area contributed by atoms with Gasteiger partial charge in [0.25, 0.3) is 0 Å². The van der Waals surface area contributed by atoms with Crippen LogP contribution in [0.25, 0.3) is 0 Å². The summed E-state index contributed by atoms with van der Waals surface area (Å²) in [5.74, 6) is 0.662. The second kappa shape index (κ2) is 6.41.